The van der Waals surface area contributed by atoms with E-state index in [1.165, 1.54) is 49.2 Å². The van der Waals surface area contributed by atoms with E-state index in [1.54, 1.807) is 6.20 Å². The normalized spacial score (nSPS) is 21.3. The summed E-state index contributed by atoms with van der Waals surface area (Å²) in [6.07, 6.45) is 5.00. The van der Waals surface area contributed by atoms with E-state index in [0.29, 0.717) is 40.9 Å². The molecule has 8 nitrogen and oxygen atoms in total. The highest BCUT2D eigenvalue weighted by Gasteiger charge is 2.32. The summed E-state index contributed by atoms with van der Waals surface area (Å²) in [6, 6.07) is 14.7. The number of hydrogen-bond acceptors (Lipinski definition) is 8. The van der Waals surface area contributed by atoms with E-state index < -0.39 is 6.36 Å². The van der Waals surface area contributed by atoms with Gasteiger partial charge in [0.05, 0.1) is 6.20 Å². The fourth-order valence-electron chi connectivity index (χ4n) is 6.28. The molecule has 3 heterocycles. The number of piperidine rings is 1. The monoisotopic (exact) mass is 581 g/mol. The maximum Gasteiger partial charge on any atom is 0.573 e. The first-order chi connectivity index (χ1) is 20.3. The summed E-state index contributed by atoms with van der Waals surface area (Å²) in [5.41, 5.74) is 2.77. The number of alkyl halides is 3. The van der Waals surface area contributed by atoms with Gasteiger partial charge in [-0.1, -0.05) is 18.0 Å². The molecule has 1 aliphatic heterocycles. The van der Waals surface area contributed by atoms with Crippen molar-refractivity contribution in [1.82, 2.24) is 15.1 Å². The zero-order valence-electron chi connectivity index (χ0n) is 23.4. The van der Waals surface area contributed by atoms with Crippen LogP contribution >= 0.6 is 0 Å². The molecular formula is C31H34F3N5O3. The first-order valence-corrected chi connectivity index (χ1v) is 14.5. The molecule has 42 heavy (non-hydrogen) atoms. The fraction of sp³-hybridized carbons (Fsp3) is 0.452. The zero-order valence-corrected chi connectivity index (χ0v) is 23.4. The minimum absolute atomic E-state index is 0.264. The Kier molecular flexibility index (Phi) is 8.08. The summed E-state index contributed by atoms with van der Waals surface area (Å²) in [5.74, 6) is 2.50. The van der Waals surface area contributed by atoms with Gasteiger partial charge in [-0.25, -0.2) is 4.98 Å². The predicted octanol–water partition coefficient (Wildman–Crippen LogP) is 7.88. The molecule has 2 fully saturated rings. The van der Waals surface area contributed by atoms with Crippen LogP contribution in [0.2, 0.25) is 0 Å². The van der Waals surface area contributed by atoms with Crippen LogP contribution in [-0.2, 0) is 0 Å². The Labute approximate surface area is 242 Å². The van der Waals surface area contributed by atoms with Crippen LogP contribution in [0.25, 0.3) is 22.8 Å². The highest BCUT2D eigenvalue weighted by Crippen LogP contribution is 2.36. The van der Waals surface area contributed by atoms with Crippen molar-refractivity contribution in [3.63, 3.8) is 0 Å². The number of halogens is 3. The number of nitrogens with zero attached hydrogens (tertiary/aromatic N) is 4. The molecular weight excluding hydrogens is 547 g/mol. The van der Waals surface area contributed by atoms with Crippen LogP contribution in [0.3, 0.4) is 0 Å². The van der Waals surface area contributed by atoms with Crippen molar-refractivity contribution in [2.75, 3.05) is 23.3 Å². The van der Waals surface area contributed by atoms with Crippen LogP contribution in [0.4, 0.5) is 24.9 Å². The Hall–Kier alpha value is -4.02. The molecule has 2 aromatic heterocycles. The molecule has 4 aromatic rings. The first kappa shape index (κ1) is 28.1. The zero-order chi connectivity index (χ0) is 29.1. The maximum absolute atomic E-state index is 12.5. The van der Waals surface area contributed by atoms with Crippen molar-refractivity contribution in [3.05, 3.63) is 60.6 Å². The summed E-state index contributed by atoms with van der Waals surface area (Å²) in [5, 5.41) is 7.42. The second-order valence-corrected chi connectivity index (χ2v) is 11.3. The van der Waals surface area contributed by atoms with Crippen LogP contribution in [0.5, 0.6) is 5.75 Å². The van der Waals surface area contributed by atoms with E-state index in [9.17, 15) is 13.2 Å². The third-order valence-electron chi connectivity index (χ3n) is 8.26. The SMILES string of the molecule is Cc1noc(-c2ccc(N3CCC[C@H](C[C@@H]4CCCC[C@H]4Nc4ncc(-c5ccc(OC(F)(F)F)cc5)o4)C3)cc2)n1. The van der Waals surface area contributed by atoms with Gasteiger partial charge in [0.25, 0.3) is 11.9 Å². The molecule has 2 aromatic carbocycles. The van der Waals surface area contributed by atoms with Crippen LogP contribution in [-0.4, -0.2) is 40.6 Å². The van der Waals surface area contributed by atoms with E-state index >= 15 is 0 Å². The number of nitrogens with one attached hydrogen (secondary N) is 1. The molecule has 6 rings (SSSR count). The number of aromatic nitrogens is 3. The number of anilines is 2. The summed E-state index contributed by atoms with van der Waals surface area (Å²) >= 11 is 0. The van der Waals surface area contributed by atoms with Gasteiger partial charge in [0, 0.05) is 35.9 Å². The lowest BCUT2D eigenvalue weighted by Gasteiger charge is -2.39. The number of ether oxygens (including phenoxy) is 1. The molecule has 0 radical (unpaired) electrons. The van der Waals surface area contributed by atoms with E-state index in [0.717, 1.165) is 44.3 Å². The van der Waals surface area contributed by atoms with Gasteiger partial charge < -0.3 is 23.9 Å². The van der Waals surface area contributed by atoms with Crippen molar-refractivity contribution in [2.24, 2.45) is 11.8 Å². The van der Waals surface area contributed by atoms with E-state index in [-0.39, 0.29) is 11.8 Å². The first-order valence-electron chi connectivity index (χ1n) is 14.5. The third-order valence-corrected chi connectivity index (χ3v) is 8.26. The third kappa shape index (κ3) is 6.88. The Morgan fingerprint density at radius 2 is 1.74 bits per heavy atom. The van der Waals surface area contributed by atoms with Gasteiger partial charge >= 0.3 is 6.36 Å². The average molecular weight is 582 g/mol. The van der Waals surface area contributed by atoms with E-state index in [2.05, 4.69) is 42.2 Å². The van der Waals surface area contributed by atoms with Crippen molar-refractivity contribution >= 4 is 11.7 Å². The standard InChI is InChI=1S/C31H34F3N5O3/c1-20-36-29(42-38-20)23-8-12-25(13-9-23)39-16-4-5-21(19-39)17-24-6-2-3-7-27(24)37-30-35-18-28(40-30)22-10-14-26(15-11-22)41-31(32,33)34/h8-15,18,21,24,27H,2-7,16-17,19H2,1H3,(H,35,37)/t21-,24+,27-/m1/s1. The average Bonchev–Trinajstić information content (AvgIpc) is 3.63. The number of oxazole rings is 1. The Morgan fingerprint density at radius 1 is 0.976 bits per heavy atom. The number of benzene rings is 2. The second kappa shape index (κ2) is 12.1. The molecule has 1 saturated heterocycles. The molecule has 11 heteroatoms. The van der Waals surface area contributed by atoms with Gasteiger partial charge in [-0.15, -0.1) is 13.2 Å². The lowest BCUT2D eigenvalue weighted by molar-refractivity contribution is -0.274. The largest absolute Gasteiger partial charge is 0.573 e. The maximum atomic E-state index is 12.5. The lowest BCUT2D eigenvalue weighted by Crippen LogP contribution is -2.39. The molecule has 0 amide bonds. The van der Waals surface area contributed by atoms with E-state index in [4.69, 9.17) is 8.94 Å². The number of rotatable bonds is 8. The Bertz CT molecular complexity index is 1450. The smallest absolute Gasteiger partial charge is 0.424 e. The number of hydrogen-bond donors (Lipinski definition) is 1. The van der Waals surface area contributed by atoms with Gasteiger partial charge in [0.1, 0.15) is 5.75 Å². The van der Waals surface area contributed by atoms with Gasteiger partial charge in [0.15, 0.2) is 11.6 Å². The molecule has 2 aliphatic rings. The summed E-state index contributed by atoms with van der Waals surface area (Å²) in [4.78, 5) is 11.2. The van der Waals surface area contributed by atoms with Crippen LogP contribution in [0.15, 0.2) is 63.7 Å². The topological polar surface area (TPSA) is 89.5 Å². The molecule has 1 aliphatic carbocycles. The minimum Gasteiger partial charge on any atom is -0.424 e. The van der Waals surface area contributed by atoms with Crippen LogP contribution in [0.1, 0.15) is 50.8 Å². The molecule has 0 unspecified atom stereocenters. The van der Waals surface area contributed by atoms with Gasteiger partial charge in [-0.3, -0.25) is 0 Å². The lowest BCUT2D eigenvalue weighted by atomic mass is 9.77. The van der Waals surface area contributed by atoms with Crippen molar-refractivity contribution in [2.45, 2.75) is 64.3 Å². The molecule has 0 bridgehead atoms. The highest BCUT2D eigenvalue weighted by atomic mass is 19.4. The molecule has 1 saturated carbocycles. The molecule has 0 spiro atoms. The van der Waals surface area contributed by atoms with Crippen molar-refractivity contribution < 1.29 is 26.8 Å². The summed E-state index contributed by atoms with van der Waals surface area (Å²) < 4.78 is 52.6. The van der Waals surface area contributed by atoms with Crippen molar-refractivity contribution in [3.8, 4) is 28.5 Å². The van der Waals surface area contributed by atoms with Gasteiger partial charge in [0.2, 0.25) is 0 Å². The van der Waals surface area contributed by atoms with Crippen molar-refractivity contribution in [1.29, 1.82) is 0 Å². The Morgan fingerprint density at radius 3 is 2.48 bits per heavy atom. The second-order valence-electron chi connectivity index (χ2n) is 11.3. The van der Waals surface area contributed by atoms with Gasteiger partial charge in [-0.05, 0) is 99.4 Å². The van der Waals surface area contributed by atoms with E-state index in [1.807, 2.05) is 19.1 Å². The van der Waals surface area contributed by atoms with Crippen LogP contribution in [0, 0.1) is 18.8 Å². The Balaban J connectivity index is 1.06. The highest BCUT2D eigenvalue weighted by molar-refractivity contribution is 5.60. The summed E-state index contributed by atoms with van der Waals surface area (Å²) in [6.45, 7) is 3.89. The predicted molar refractivity (Wildman–Crippen MR) is 152 cm³/mol. The molecule has 1 N–H and O–H groups in total. The quantitative estimate of drug-likeness (QED) is 0.225. The molecule has 3 atom stereocenters. The summed E-state index contributed by atoms with van der Waals surface area (Å²) in [7, 11) is 0. The van der Waals surface area contributed by atoms with Gasteiger partial charge in [-0.2, -0.15) is 4.98 Å². The fourth-order valence-corrected chi connectivity index (χ4v) is 6.28. The minimum atomic E-state index is -4.72. The molecule has 222 valence electrons. The number of aryl methyl sites for hydroxylation is 1. The van der Waals surface area contributed by atoms with Crippen LogP contribution < -0.4 is 15.0 Å².